The third-order valence-corrected chi connectivity index (χ3v) is 1.41. The summed E-state index contributed by atoms with van der Waals surface area (Å²) in [5.74, 6) is 0.482. The van der Waals surface area contributed by atoms with Gasteiger partial charge >= 0.3 is 0 Å². The van der Waals surface area contributed by atoms with E-state index in [-0.39, 0.29) is 0 Å². The molecule has 0 heterocycles. The second kappa shape index (κ2) is 2.93. The Morgan fingerprint density at radius 2 is 2.27 bits per heavy atom. The highest BCUT2D eigenvalue weighted by Gasteiger charge is 1.95. The van der Waals surface area contributed by atoms with Gasteiger partial charge in [0.05, 0.1) is 0 Å². The van der Waals surface area contributed by atoms with Crippen molar-refractivity contribution in [2.75, 3.05) is 5.73 Å². The van der Waals surface area contributed by atoms with Crippen LogP contribution in [0.25, 0.3) is 0 Å². The van der Waals surface area contributed by atoms with Gasteiger partial charge in [-0.3, -0.25) is 0 Å². The van der Waals surface area contributed by atoms with Crippen LogP contribution in [-0.4, -0.2) is 0 Å². The molecule has 0 fully saturated rings. The summed E-state index contributed by atoms with van der Waals surface area (Å²) in [4.78, 5) is 0. The van der Waals surface area contributed by atoms with Crippen LogP contribution in [0.15, 0.2) is 18.2 Å². The average molecular weight is 148 g/mol. The molecule has 0 amide bonds. The van der Waals surface area contributed by atoms with Crippen molar-refractivity contribution in [3.8, 4) is 12.0 Å². The van der Waals surface area contributed by atoms with Crippen LogP contribution in [-0.2, 0) is 0 Å². The third kappa shape index (κ3) is 1.62. The van der Waals surface area contributed by atoms with Crippen molar-refractivity contribution in [3.05, 3.63) is 23.8 Å². The number of hydrogen-bond donors (Lipinski definition) is 1. The van der Waals surface area contributed by atoms with Crippen molar-refractivity contribution in [1.82, 2.24) is 0 Å². The number of nitrogens with zero attached hydrogens (tertiary/aromatic N) is 1. The van der Waals surface area contributed by atoms with Crippen molar-refractivity contribution in [1.29, 1.82) is 5.26 Å². The van der Waals surface area contributed by atoms with Crippen molar-refractivity contribution < 1.29 is 4.74 Å². The minimum Gasteiger partial charge on any atom is -0.398 e. The van der Waals surface area contributed by atoms with Crippen molar-refractivity contribution in [2.24, 2.45) is 0 Å². The van der Waals surface area contributed by atoms with Gasteiger partial charge in [-0.05, 0) is 18.6 Å². The molecule has 0 bridgehead atoms. The van der Waals surface area contributed by atoms with E-state index in [0.717, 1.165) is 5.56 Å². The lowest BCUT2D eigenvalue weighted by molar-refractivity contribution is 0.507. The van der Waals surface area contributed by atoms with E-state index < -0.39 is 0 Å². The molecule has 0 aliphatic heterocycles. The fourth-order valence-electron chi connectivity index (χ4n) is 0.735. The maximum absolute atomic E-state index is 8.17. The van der Waals surface area contributed by atoms with E-state index in [0.29, 0.717) is 11.4 Å². The molecule has 0 aliphatic carbocycles. The topological polar surface area (TPSA) is 59.0 Å². The van der Waals surface area contributed by atoms with Gasteiger partial charge in [0.15, 0.2) is 0 Å². The normalized spacial score (nSPS) is 8.73. The van der Waals surface area contributed by atoms with Crippen molar-refractivity contribution in [3.63, 3.8) is 0 Å². The molecule has 0 unspecified atom stereocenters. The zero-order valence-electron chi connectivity index (χ0n) is 6.16. The third-order valence-electron chi connectivity index (χ3n) is 1.41. The Morgan fingerprint density at radius 3 is 2.82 bits per heavy atom. The zero-order valence-corrected chi connectivity index (χ0v) is 6.16. The molecule has 0 aliphatic rings. The van der Waals surface area contributed by atoms with E-state index in [1.807, 2.05) is 13.0 Å². The Balaban J connectivity index is 2.98. The summed E-state index contributed by atoms with van der Waals surface area (Å²) in [6.45, 7) is 1.89. The van der Waals surface area contributed by atoms with E-state index in [1.165, 1.54) is 0 Å². The van der Waals surface area contributed by atoms with Crippen LogP contribution < -0.4 is 10.5 Å². The van der Waals surface area contributed by atoms with Crippen molar-refractivity contribution in [2.45, 2.75) is 6.92 Å². The molecular weight excluding hydrogens is 140 g/mol. The molecule has 0 atom stereocenters. The van der Waals surface area contributed by atoms with Gasteiger partial charge < -0.3 is 10.5 Å². The quantitative estimate of drug-likeness (QED) is 0.484. The molecule has 1 rings (SSSR count). The summed E-state index contributed by atoms with van der Waals surface area (Å²) in [5.41, 5.74) is 7.18. The van der Waals surface area contributed by atoms with Crippen LogP contribution in [0.4, 0.5) is 5.69 Å². The van der Waals surface area contributed by atoms with E-state index in [1.54, 1.807) is 18.4 Å². The number of nitrogen functional groups attached to an aromatic ring is 1. The fourth-order valence-corrected chi connectivity index (χ4v) is 0.735. The number of anilines is 1. The predicted octanol–water partition coefficient (Wildman–Crippen LogP) is 1.44. The smallest absolute Gasteiger partial charge is 0.292 e. The highest BCUT2D eigenvalue weighted by Crippen LogP contribution is 2.18. The first-order valence-electron chi connectivity index (χ1n) is 3.16. The number of aryl methyl sites for hydroxylation is 1. The number of ether oxygens (including phenoxy) is 1. The lowest BCUT2D eigenvalue weighted by Gasteiger charge is -2.00. The SMILES string of the molecule is Cc1ccc(OC#N)cc1N. The number of nitriles is 1. The van der Waals surface area contributed by atoms with E-state index >= 15 is 0 Å². The van der Waals surface area contributed by atoms with Crippen LogP contribution >= 0.6 is 0 Å². The highest BCUT2D eigenvalue weighted by molar-refractivity contribution is 5.50. The second-order valence-corrected chi connectivity index (χ2v) is 2.21. The van der Waals surface area contributed by atoms with Crippen LogP contribution in [0.3, 0.4) is 0 Å². The van der Waals surface area contributed by atoms with Gasteiger partial charge in [-0.15, -0.1) is 5.26 Å². The van der Waals surface area contributed by atoms with Crippen LogP contribution in [0.2, 0.25) is 0 Å². The second-order valence-electron chi connectivity index (χ2n) is 2.21. The van der Waals surface area contributed by atoms with Gasteiger partial charge in [0.2, 0.25) is 0 Å². The summed E-state index contributed by atoms with van der Waals surface area (Å²) in [6.07, 6.45) is 1.58. The van der Waals surface area contributed by atoms with Crippen LogP contribution in [0.5, 0.6) is 5.75 Å². The fraction of sp³-hybridized carbons (Fsp3) is 0.125. The molecule has 0 spiro atoms. The first-order chi connectivity index (χ1) is 5.24. The Morgan fingerprint density at radius 1 is 1.55 bits per heavy atom. The Bertz CT molecular complexity index is 301. The minimum absolute atomic E-state index is 0.482. The first-order valence-corrected chi connectivity index (χ1v) is 3.16. The molecule has 0 saturated heterocycles. The van der Waals surface area contributed by atoms with Gasteiger partial charge in [0.1, 0.15) is 5.75 Å². The Hall–Kier alpha value is -1.69. The standard InChI is InChI=1S/C8H8N2O/c1-6-2-3-7(11-5-9)4-8(6)10/h2-4H,10H2,1H3. The van der Waals surface area contributed by atoms with Gasteiger partial charge in [-0.1, -0.05) is 6.07 Å². The predicted molar refractivity (Wildman–Crippen MR) is 41.8 cm³/mol. The van der Waals surface area contributed by atoms with Gasteiger partial charge in [0, 0.05) is 11.8 Å². The highest BCUT2D eigenvalue weighted by atomic mass is 16.5. The molecule has 0 radical (unpaired) electrons. The Kier molecular flexibility index (Phi) is 1.98. The number of hydrogen-bond acceptors (Lipinski definition) is 3. The van der Waals surface area contributed by atoms with E-state index in [9.17, 15) is 0 Å². The molecule has 1 aromatic carbocycles. The largest absolute Gasteiger partial charge is 0.398 e. The summed E-state index contributed by atoms with van der Waals surface area (Å²) in [7, 11) is 0. The number of benzene rings is 1. The lowest BCUT2D eigenvalue weighted by Crippen LogP contribution is -1.90. The van der Waals surface area contributed by atoms with Gasteiger partial charge in [-0.25, -0.2) is 0 Å². The average Bonchev–Trinajstić information content (AvgIpc) is 1.98. The number of nitrogens with two attached hydrogens (primary N) is 1. The maximum Gasteiger partial charge on any atom is 0.292 e. The molecular formula is C8H8N2O. The van der Waals surface area contributed by atoms with E-state index in [4.69, 9.17) is 11.0 Å². The Labute approximate surface area is 65.0 Å². The van der Waals surface area contributed by atoms with E-state index in [2.05, 4.69) is 4.74 Å². The molecule has 2 N–H and O–H groups in total. The van der Waals surface area contributed by atoms with Crippen molar-refractivity contribution >= 4 is 5.69 Å². The molecule has 56 valence electrons. The minimum atomic E-state index is 0.482. The lowest BCUT2D eigenvalue weighted by atomic mass is 10.2. The first kappa shape index (κ1) is 7.42. The molecule has 0 aromatic heterocycles. The molecule has 11 heavy (non-hydrogen) atoms. The zero-order chi connectivity index (χ0) is 8.27. The summed E-state index contributed by atoms with van der Waals surface area (Å²) in [6, 6.07) is 5.13. The number of rotatable bonds is 1. The molecule has 3 heteroatoms. The molecule has 0 saturated carbocycles. The molecule has 1 aromatic rings. The van der Waals surface area contributed by atoms with Gasteiger partial charge in [0.25, 0.3) is 6.26 Å². The summed E-state index contributed by atoms with van der Waals surface area (Å²) < 4.78 is 4.57. The van der Waals surface area contributed by atoms with Crippen LogP contribution in [0, 0.1) is 18.4 Å². The summed E-state index contributed by atoms with van der Waals surface area (Å²) >= 11 is 0. The molecule has 3 nitrogen and oxygen atoms in total. The van der Waals surface area contributed by atoms with Crippen LogP contribution in [0.1, 0.15) is 5.56 Å². The monoisotopic (exact) mass is 148 g/mol. The maximum atomic E-state index is 8.17. The van der Waals surface area contributed by atoms with Gasteiger partial charge in [-0.2, -0.15) is 0 Å². The summed E-state index contributed by atoms with van der Waals surface area (Å²) in [5, 5.41) is 8.17.